The first-order valence-corrected chi connectivity index (χ1v) is 13.8. The van der Waals surface area contributed by atoms with Gasteiger partial charge in [0.15, 0.2) is 0 Å². The van der Waals surface area contributed by atoms with E-state index in [0.717, 1.165) is 81.1 Å². The van der Waals surface area contributed by atoms with Crippen molar-refractivity contribution >= 4 is 11.0 Å². The highest BCUT2D eigenvalue weighted by Crippen LogP contribution is 2.43. The lowest BCUT2D eigenvalue weighted by Gasteiger charge is -2.46. The number of rotatable bonds is 12. The molecule has 2 aliphatic rings. The van der Waals surface area contributed by atoms with E-state index in [1.165, 1.54) is 0 Å². The number of nitrogens with zero attached hydrogens (tertiary/aromatic N) is 1. The third-order valence-corrected chi connectivity index (χ3v) is 8.57. The van der Waals surface area contributed by atoms with Crippen LogP contribution in [0, 0.1) is 11.8 Å². The number of para-hydroxylation sites is 1. The number of halogens is 1. The van der Waals surface area contributed by atoms with Crippen LogP contribution >= 0.6 is 0 Å². The van der Waals surface area contributed by atoms with Crippen LogP contribution in [-0.2, 0) is 10.3 Å². The van der Waals surface area contributed by atoms with Crippen molar-refractivity contribution in [2.75, 3.05) is 40.4 Å². The number of hydrogen-bond acceptors (Lipinski definition) is 5. The van der Waals surface area contributed by atoms with Crippen LogP contribution in [0.3, 0.4) is 0 Å². The number of methoxy groups -OCH3 is 1. The van der Waals surface area contributed by atoms with Crippen molar-refractivity contribution in [2.24, 2.45) is 11.8 Å². The summed E-state index contributed by atoms with van der Waals surface area (Å²) in [5.41, 5.74) is 0.796. The summed E-state index contributed by atoms with van der Waals surface area (Å²) in [6, 6.07) is 8.55. The average Bonchev–Trinajstić information content (AvgIpc) is 3.37. The normalized spacial score (nSPS) is 26.6. The lowest BCUT2D eigenvalue weighted by atomic mass is 9.73. The highest BCUT2D eigenvalue weighted by Gasteiger charge is 2.43. The molecule has 35 heavy (non-hydrogen) atoms. The van der Waals surface area contributed by atoms with Crippen LogP contribution in [0.5, 0.6) is 0 Å². The summed E-state index contributed by atoms with van der Waals surface area (Å²) in [7, 11) is 3.76. The van der Waals surface area contributed by atoms with E-state index in [4.69, 9.17) is 9.15 Å². The number of nitrogens with one attached hydrogen (secondary N) is 1. The maximum absolute atomic E-state index is 13.7. The predicted octanol–water partition coefficient (Wildman–Crippen LogP) is 5.66. The number of alkyl halides is 1. The fourth-order valence-corrected chi connectivity index (χ4v) is 6.60. The second-order valence-corrected chi connectivity index (χ2v) is 10.9. The van der Waals surface area contributed by atoms with Crippen molar-refractivity contribution < 1.29 is 18.7 Å². The van der Waals surface area contributed by atoms with E-state index in [1.807, 2.05) is 19.2 Å². The predicted molar refractivity (Wildman–Crippen MR) is 139 cm³/mol. The zero-order valence-corrected chi connectivity index (χ0v) is 21.7. The third kappa shape index (κ3) is 6.46. The molecule has 1 saturated carbocycles. The monoisotopic (exact) mass is 488 g/mol. The summed E-state index contributed by atoms with van der Waals surface area (Å²) in [5.74, 6) is 0.737. The lowest BCUT2D eigenvalue weighted by molar-refractivity contribution is -0.0686. The quantitative estimate of drug-likeness (QED) is 0.378. The van der Waals surface area contributed by atoms with Crippen LogP contribution in [0.25, 0.3) is 11.0 Å². The van der Waals surface area contributed by atoms with Gasteiger partial charge in [0.1, 0.15) is 11.8 Å². The van der Waals surface area contributed by atoms with Crippen molar-refractivity contribution in [1.82, 2.24) is 10.2 Å². The first-order chi connectivity index (χ1) is 17.0. The maximum atomic E-state index is 13.7. The second kappa shape index (κ2) is 12.7. The average molecular weight is 489 g/mol. The molecule has 0 radical (unpaired) electrons. The highest BCUT2D eigenvalue weighted by molar-refractivity contribution is 5.81. The minimum Gasteiger partial charge on any atom is -0.464 e. The van der Waals surface area contributed by atoms with Gasteiger partial charge in [-0.2, -0.15) is 0 Å². The Bertz CT molecular complexity index is 897. The molecule has 196 valence electrons. The Morgan fingerprint density at radius 3 is 2.80 bits per heavy atom. The van der Waals surface area contributed by atoms with Gasteiger partial charge in [-0.25, -0.2) is 4.39 Å². The fraction of sp³-hybridized carbons (Fsp3) is 0.724. The van der Waals surface area contributed by atoms with Gasteiger partial charge >= 0.3 is 0 Å². The molecule has 0 spiro atoms. The smallest absolute Gasteiger partial charge is 0.139 e. The zero-order chi connectivity index (χ0) is 24.7. The van der Waals surface area contributed by atoms with Crippen LogP contribution in [-0.4, -0.2) is 62.6 Å². The largest absolute Gasteiger partial charge is 0.464 e. The molecule has 4 rings (SSSR count). The molecule has 5 nitrogen and oxygen atoms in total. The van der Waals surface area contributed by atoms with Gasteiger partial charge in [-0.15, -0.1) is 0 Å². The molecular weight excluding hydrogens is 443 g/mol. The fourth-order valence-electron chi connectivity index (χ4n) is 6.60. The number of hydrogen-bond donors (Lipinski definition) is 2. The van der Waals surface area contributed by atoms with E-state index in [9.17, 15) is 9.50 Å². The number of unbranched alkanes of at least 4 members (excludes halogenated alkanes) is 1. The van der Waals surface area contributed by atoms with E-state index < -0.39 is 11.8 Å². The number of likely N-dealkylation sites (N-methyl/N-ethyl adjacent to an activating group) is 1. The number of piperidine rings is 1. The summed E-state index contributed by atoms with van der Waals surface area (Å²) in [5, 5.41) is 16.9. The highest BCUT2D eigenvalue weighted by atomic mass is 19.1. The molecule has 3 atom stereocenters. The minimum atomic E-state index is -0.944. The Hall–Kier alpha value is -1.47. The number of benzene rings is 1. The Kier molecular flexibility index (Phi) is 9.62. The third-order valence-electron chi connectivity index (χ3n) is 8.57. The maximum Gasteiger partial charge on any atom is 0.139 e. The summed E-state index contributed by atoms with van der Waals surface area (Å²) >= 11 is 0. The van der Waals surface area contributed by atoms with E-state index in [2.05, 4.69) is 22.3 Å². The number of fused-ring (bicyclic) bond motifs is 1. The first kappa shape index (κ1) is 26.6. The van der Waals surface area contributed by atoms with E-state index >= 15 is 0 Å². The topological polar surface area (TPSA) is 57.9 Å². The van der Waals surface area contributed by atoms with Crippen LogP contribution < -0.4 is 5.32 Å². The van der Waals surface area contributed by atoms with Gasteiger partial charge in [-0.05, 0) is 89.8 Å². The molecule has 2 fully saturated rings. The molecule has 1 aromatic heterocycles. The Morgan fingerprint density at radius 2 is 2.03 bits per heavy atom. The zero-order valence-electron chi connectivity index (χ0n) is 21.7. The van der Waals surface area contributed by atoms with Crippen LogP contribution in [0.15, 0.2) is 34.9 Å². The molecule has 1 aliphatic carbocycles. The van der Waals surface area contributed by atoms with Gasteiger partial charge in [-0.3, -0.25) is 4.90 Å². The standard InChI is InChI=1S/C29H45FN2O3/c1-31-20-26(19-22-10-12-25(30)13-11-22)32-16-6-8-24(21-32)29(33,15-3-4-17-34-2)27-9-5-7-23-14-18-35-28(23)27/h5,7,9,14,18,22,24-26,31,33H,3-4,6,8,10-13,15-17,19-21H2,1-2H3/t22?,24?,25?,26?,29-/m0/s1. The SMILES string of the molecule is CNCC(CC1CCC(F)CC1)N1CCCC([C@@](O)(CCCCOC)c2cccc3ccoc23)C1. The molecule has 1 saturated heterocycles. The van der Waals surface area contributed by atoms with E-state index in [-0.39, 0.29) is 5.92 Å². The van der Waals surface area contributed by atoms with Crippen molar-refractivity contribution in [1.29, 1.82) is 0 Å². The molecule has 2 aromatic rings. The number of likely N-dealkylation sites (tertiary alicyclic amines) is 1. The summed E-state index contributed by atoms with van der Waals surface area (Å²) in [4.78, 5) is 2.61. The minimum absolute atomic E-state index is 0.135. The van der Waals surface area contributed by atoms with Gasteiger partial charge in [0.05, 0.1) is 11.9 Å². The van der Waals surface area contributed by atoms with Gasteiger partial charge in [0.25, 0.3) is 0 Å². The van der Waals surface area contributed by atoms with Crippen molar-refractivity contribution in [3.8, 4) is 0 Å². The van der Waals surface area contributed by atoms with Gasteiger partial charge in [0.2, 0.25) is 0 Å². The van der Waals surface area contributed by atoms with Crippen LogP contribution in [0.1, 0.15) is 69.8 Å². The van der Waals surface area contributed by atoms with E-state index in [1.54, 1.807) is 13.4 Å². The number of furan rings is 1. The molecular formula is C29H45FN2O3. The van der Waals surface area contributed by atoms with Gasteiger partial charge in [0, 0.05) is 49.7 Å². The van der Waals surface area contributed by atoms with E-state index in [0.29, 0.717) is 37.8 Å². The lowest BCUT2D eigenvalue weighted by Crippen LogP contribution is -2.52. The summed E-state index contributed by atoms with van der Waals surface area (Å²) in [6.07, 6.45) is 10.3. The molecule has 2 unspecified atom stereocenters. The molecule has 0 amide bonds. The Balaban J connectivity index is 1.54. The van der Waals surface area contributed by atoms with Gasteiger partial charge < -0.3 is 19.6 Å². The molecule has 0 bridgehead atoms. The Labute approximate surface area is 210 Å². The Morgan fingerprint density at radius 1 is 1.20 bits per heavy atom. The molecule has 2 heterocycles. The van der Waals surface area contributed by atoms with Gasteiger partial charge in [-0.1, -0.05) is 18.2 Å². The molecule has 2 N–H and O–H groups in total. The van der Waals surface area contributed by atoms with Crippen molar-refractivity contribution in [3.05, 3.63) is 36.1 Å². The van der Waals surface area contributed by atoms with Crippen molar-refractivity contribution in [3.63, 3.8) is 0 Å². The number of ether oxygens (including phenoxy) is 1. The molecule has 1 aromatic carbocycles. The summed E-state index contributed by atoms with van der Waals surface area (Å²) in [6.45, 7) is 3.58. The molecule has 6 heteroatoms. The van der Waals surface area contributed by atoms with Crippen molar-refractivity contribution in [2.45, 2.75) is 82.0 Å². The van der Waals surface area contributed by atoms with Crippen LogP contribution in [0.2, 0.25) is 0 Å². The first-order valence-electron chi connectivity index (χ1n) is 13.8. The van der Waals surface area contributed by atoms with Crippen LogP contribution in [0.4, 0.5) is 4.39 Å². The molecule has 1 aliphatic heterocycles. The second-order valence-electron chi connectivity index (χ2n) is 10.9. The summed E-state index contributed by atoms with van der Waals surface area (Å²) < 4.78 is 24.9. The number of aliphatic hydroxyl groups is 1.